The van der Waals surface area contributed by atoms with Gasteiger partial charge in [-0.2, -0.15) is 0 Å². The maximum atomic E-state index is 5.75. The molecule has 0 spiro atoms. The molecule has 4 nitrogen and oxygen atoms in total. The number of nitrogens with zero attached hydrogens (tertiary/aromatic N) is 2. The van der Waals surface area contributed by atoms with Crippen molar-refractivity contribution in [3.63, 3.8) is 0 Å². The van der Waals surface area contributed by atoms with E-state index in [1.165, 1.54) is 0 Å². The van der Waals surface area contributed by atoms with E-state index in [0.717, 1.165) is 28.9 Å². The van der Waals surface area contributed by atoms with Crippen molar-refractivity contribution in [3.8, 4) is 11.3 Å². The van der Waals surface area contributed by atoms with Gasteiger partial charge in [-0.1, -0.05) is 0 Å². The van der Waals surface area contributed by atoms with Gasteiger partial charge in [-0.25, -0.2) is 4.98 Å². The smallest absolute Gasteiger partial charge is 0.124 e. The van der Waals surface area contributed by atoms with Gasteiger partial charge in [0.25, 0.3) is 0 Å². The highest BCUT2D eigenvalue weighted by Gasteiger charge is 2.03. The molecule has 0 aliphatic carbocycles. The summed E-state index contributed by atoms with van der Waals surface area (Å²) in [5.74, 6) is 0.541. The Balaban J connectivity index is 2.41. The van der Waals surface area contributed by atoms with Gasteiger partial charge in [-0.3, -0.25) is 4.98 Å². The first kappa shape index (κ1) is 11.5. The molecule has 3 N–H and O–H groups in total. The van der Waals surface area contributed by atoms with E-state index in [1.807, 2.05) is 32.3 Å². The monoisotopic (exact) mass is 228 g/mol. The Labute approximate surface area is 101 Å². The molecule has 4 heteroatoms. The van der Waals surface area contributed by atoms with Gasteiger partial charge < -0.3 is 11.1 Å². The Morgan fingerprint density at radius 3 is 2.76 bits per heavy atom. The molecule has 2 rings (SSSR count). The van der Waals surface area contributed by atoms with Gasteiger partial charge in [0.15, 0.2) is 0 Å². The Hall–Kier alpha value is -1.94. The van der Waals surface area contributed by atoms with E-state index in [0.29, 0.717) is 5.82 Å². The summed E-state index contributed by atoms with van der Waals surface area (Å²) in [7, 11) is 1.91. The number of nitrogens with two attached hydrogens (primary N) is 1. The topological polar surface area (TPSA) is 63.8 Å². The minimum Gasteiger partial charge on any atom is -0.384 e. The van der Waals surface area contributed by atoms with Crippen LogP contribution in [-0.2, 0) is 6.54 Å². The molecule has 0 saturated carbocycles. The molecular formula is C13H16N4. The maximum absolute atomic E-state index is 5.75. The van der Waals surface area contributed by atoms with E-state index in [9.17, 15) is 0 Å². The standard InChI is InChI=1S/C13H16N4/c1-9-3-12(17-13(14)4-9)11-5-10(6-15-2)7-16-8-11/h3-5,7-8,15H,6H2,1-2H3,(H2,14,17). The van der Waals surface area contributed by atoms with Crippen LogP contribution in [0.25, 0.3) is 11.3 Å². The molecule has 0 unspecified atom stereocenters. The van der Waals surface area contributed by atoms with Crippen LogP contribution in [0.4, 0.5) is 5.82 Å². The molecule has 88 valence electrons. The van der Waals surface area contributed by atoms with E-state index in [2.05, 4.69) is 21.4 Å². The largest absolute Gasteiger partial charge is 0.384 e. The Kier molecular flexibility index (Phi) is 3.35. The Bertz CT molecular complexity index is 502. The Morgan fingerprint density at radius 2 is 2.06 bits per heavy atom. The van der Waals surface area contributed by atoms with Crippen molar-refractivity contribution >= 4 is 5.82 Å². The zero-order valence-electron chi connectivity index (χ0n) is 10.1. The van der Waals surface area contributed by atoms with Crippen LogP contribution in [0.3, 0.4) is 0 Å². The lowest BCUT2D eigenvalue weighted by Crippen LogP contribution is -2.05. The molecule has 0 atom stereocenters. The van der Waals surface area contributed by atoms with Gasteiger partial charge in [0.2, 0.25) is 0 Å². The number of aromatic nitrogens is 2. The molecule has 0 saturated heterocycles. The predicted molar refractivity (Wildman–Crippen MR) is 69.4 cm³/mol. The van der Waals surface area contributed by atoms with Crippen molar-refractivity contribution in [2.75, 3.05) is 12.8 Å². The van der Waals surface area contributed by atoms with Gasteiger partial charge in [-0.05, 0) is 43.3 Å². The summed E-state index contributed by atoms with van der Waals surface area (Å²) in [6.45, 7) is 2.80. The van der Waals surface area contributed by atoms with Crippen LogP contribution in [0.2, 0.25) is 0 Å². The minimum absolute atomic E-state index is 0.541. The summed E-state index contributed by atoms with van der Waals surface area (Å²) >= 11 is 0. The number of hydrogen-bond donors (Lipinski definition) is 2. The number of nitrogen functional groups attached to an aromatic ring is 1. The fraction of sp³-hybridized carbons (Fsp3) is 0.231. The lowest BCUT2D eigenvalue weighted by atomic mass is 10.1. The minimum atomic E-state index is 0.541. The van der Waals surface area contributed by atoms with Crippen LogP contribution in [0.1, 0.15) is 11.1 Å². The average molecular weight is 228 g/mol. The second-order valence-corrected chi connectivity index (χ2v) is 4.07. The summed E-state index contributed by atoms with van der Waals surface area (Å²) in [6, 6.07) is 5.94. The highest BCUT2D eigenvalue weighted by Crippen LogP contribution is 2.20. The zero-order chi connectivity index (χ0) is 12.3. The van der Waals surface area contributed by atoms with E-state index < -0.39 is 0 Å². The van der Waals surface area contributed by atoms with Crippen molar-refractivity contribution in [1.29, 1.82) is 0 Å². The van der Waals surface area contributed by atoms with Crippen LogP contribution in [0.15, 0.2) is 30.6 Å². The van der Waals surface area contributed by atoms with E-state index >= 15 is 0 Å². The second kappa shape index (κ2) is 4.93. The molecule has 0 radical (unpaired) electrons. The molecule has 2 heterocycles. The molecule has 0 bridgehead atoms. The zero-order valence-corrected chi connectivity index (χ0v) is 10.1. The van der Waals surface area contributed by atoms with Gasteiger partial charge in [0, 0.05) is 24.5 Å². The number of aryl methyl sites for hydroxylation is 1. The first-order valence-corrected chi connectivity index (χ1v) is 5.52. The van der Waals surface area contributed by atoms with Crippen LogP contribution in [-0.4, -0.2) is 17.0 Å². The molecule has 0 fully saturated rings. The highest BCUT2D eigenvalue weighted by atomic mass is 14.8. The first-order valence-electron chi connectivity index (χ1n) is 5.52. The molecule has 0 amide bonds. The van der Waals surface area contributed by atoms with E-state index in [4.69, 9.17) is 5.73 Å². The second-order valence-electron chi connectivity index (χ2n) is 4.07. The number of rotatable bonds is 3. The summed E-state index contributed by atoms with van der Waals surface area (Å²) in [5, 5.41) is 3.10. The molecular weight excluding hydrogens is 212 g/mol. The van der Waals surface area contributed by atoms with Gasteiger partial charge >= 0.3 is 0 Å². The first-order chi connectivity index (χ1) is 8.19. The summed E-state index contributed by atoms with van der Waals surface area (Å²) in [4.78, 5) is 8.54. The number of nitrogens with one attached hydrogen (secondary N) is 1. The average Bonchev–Trinajstić information content (AvgIpc) is 2.28. The molecule has 17 heavy (non-hydrogen) atoms. The molecule has 0 aromatic carbocycles. The SMILES string of the molecule is CNCc1cncc(-c2cc(C)cc(N)n2)c1. The van der Waals surface area contributed by atoms with Gasteiger partial charge in [0.1, 0.15) is 5.82 Å². The lowest BCUT2D eigenvalue weighted by molar-refractivity contribution is 0.813. The summed E-state index contributed by atoms with van der Waals surface area (Å²) in [6.07, 6.45) is 3.65. The van der Waals surface area contributed by atoms with E-state index in [1.54, 1.807) is 6.20 Å². The molecule has 2 aromatic heterocycles. The molecule has 2 aromatic rings. The maximum Gasteiger partial charge on any atom is 0.124 e. The third kappa shape index (κ3) is 2.79. The quantitative estimate of drug-likeness (QED) is 0.840. The normalized spacial score (nSPS) is 10.5. The third-order valence-electron chi connectivity index (χ3n) is 2.46. The lowest BCUT2D eigenvalue weighted by Gasteiger charge is -2.06. The van der Waals surface area contributed by atoms with Crippen LogP contribution in [0, 0.1) is 6.92 Å². The van der Waals surface area contributed by atoms with Crippen molar-refractivity contribution in [3.05, 3.63) is 41.7 Å². The van der Waals surface area contributed by atoms with Gasteiger partial charge in [-0.15, -0.1) is 0 Å². The van der Waals surface area contributed by atoms with Crippen LogP contribution < -0.4 is 11.1 Å². The molecule has 0 aliphatic rings. The van der Waals surface area contributed by atoms with E-state index in [-0.39, 0.29) is 0 Å². The third-order valence-corrected chi connectivity index (χ3v) is 2.46. The van der Waals surface area contributed by atoms with Crippen LogP contribution in [0.5, 0.6) is 0 Å². The van der Waals surface area contributed by atoms with Gasteiger partial charge in [0.05, 0.1) is 5.69 Å². The number of pyridine rings is 2. The number of anilines is 1. The number of hydrogen-bond acceptors (Lipinski definition) is 4. The summed E-state index contributed by atoms with van der Waals surface area (Å²) < 4.78 is 0. The predicted octanol–water partition coefficient (Wildman–Crippen LogP) is 1.75. The molecule has 0 aliphatic heterocycles. The van der Waals surface area contributed by atoms with Crippen molar-refractivity contribution in [1.82, 2.24) is 15.3 Å². The highest BCUT2D eigenvalue weighted by molar-refractivity contribution is 5.61. The van der Waals surface area contributed by atoms with Crippen molar-refractivity contribution in [2.45, 2.75) is 13.5 Å². The fourth-order valence-electron chi connectivity index (χ4n) is 1.77. The van der Waals surface area contributed by atoms with Crippen molar-refractivity contribution < 1.29 is 0 Å². The van der Waals surface area contributed by atoms with Crippen molar-refractivity contribution in [2.24, 2.45) is 0 Å². The summed E-state index contributed by atoms with van der Waals surface area (Å²) in [5.41, 5.74) is 9.85. The van der Waals surface area contributed by atoms with Crippen LogP contribution >= 0.6 is 0 Å². The Morgan fingerprint density at radius 1 is 1.24 bits per heavy atom. The fourth-order valence-corrected chi connectivity index (χ4v) is 1.77.